The molecule has 0 fully saturated rings. The fraction of sp³-hybridized carbons (Fsp3) is 0.0714. The number of benzene rings is 1. The molecular formula is C14H10O4. The van der Waals surface area contributed by atoms with Crippen LogP contribution in [0.2, 0.25) is 0 Å². The van der Waals surface area contributed by atoms with Gasteiger partial charge in [0.25, 0.3) is 0 Å². The van der Waals surface area contributed by atoms with E-state index in [0.29, 0.717) is 28.3 Å². The van der Waals surface area contributed by atoms with Crippen molar-refractivity contribution in [1.82, 2.24) is 0 Å². The summed E-state index contributed by atoms with van der Waals surface area (Å²) in [6.07, 6.45) is 4.06. The average Bonchev–Trinajstić information content (AvgIpc) is 2.77. The molecule has 0 aromatic heterocycles. The van der Waals surface area contributed by atoms with Crippen molar-refractivity contribution in [3.63, 3.8) is 0 Å². The van der Waals surface area contributed by atoms with E-state index in [1.807, 2.05) is 6.08 Å². The summed E-state index contributed by atoms with van der Waals surface area (Å²) in [5.74, 6) is -1.35. The Morgan fingerprint density at radius 1 is 1.06 bits per heavy atom. The van der Waals surface area contributed by atoms with Gasteiger partial charge < -0.3 is 15.3 Å². The first-order chi connectivity index (χ1) is 8.59. The van der Waals surface area contributed by atoms with Gasteiger partial charge >= 0.3 is 0 Å². The fourth-order valence-electron chi connectivity index (χ4n) is 2.34. The van der Waals surface area contributed by atoms with Crippen molar-refractivity contribution in [2.45, 2.75) is 6.42 Å². The maximum atomic E-state index is 11.8. The van der Waals surface area contributed by atoms with Crippen molar-refractivity contribution in [3.8, 4) is 17.2 Å². The van der Waals surface area contributed by atoms with E-state index in [-0.39, 0.29) is 11.2 Å². The highest BCUT2D eigenvalue weighted by atomic mass is 16.3. The topological polar surface area (TPSA) is 77.8 Å². The number of rotatable bonds is 0. The van der Waals surface area contributed by atoms with Crippen molar-refractivity contribution < 1.29 is 15.3 Å². The summed E-state index contributed by atoms with van der Waals surface area (Å²) < 4.78 is 0. The van der Waals surface area contributed by atoms with Crippen molar-refractivity contribution in [2.75, 3.05) is 0 Å². The lowest BCUT2D eigenvalue weighted by molar-refractivity contribution is 0.371. The zero-order valence-corrected chi connectivity index (χ0v) is 9.34. The maximum Gasteiger partial charge on any atom is 0.200 e. The Kier molecular flexibility index (Phi) is 2.07. The second kappa shape index (κ2) is 3.50. The Labute approximate surface area is 102 Å². The highest BCUT2D eigenvalue weighted by molar-refractivity contribution is 5.97. The first-order valence-corrected chi connectivity index (χ1v) is 5.50. The Morgan fingerprint density at radius 2 is 1.83 bits per heavy atom. The van der Waals surface area contributed by atoms with Crippen LogP contribution in [0.4, 0.5) is 0 Å². The summed E-state index contributed by atoms with van der Waals surface area (Å²) in [4.78, 5) is 11.8. The van der Waals surface area contributed by atoms with Crippen LogP contribution in [0.5, 0.6) is 17.2 Å². The second-order valence-corrected chi connectivity index (χ2v) is 4.25. The Hall–Kier alpha value is -2.49. The van der Waals surface area contributed by atoms with Gasteiger partial charge in [-0.3, -0.25) is 4.79 Å². The van der Waals surface area contributed by atoms with Gasteiger partial charge in [0.2, 0.25) is 5.75 Å². The van der Waals surface area contributed by atoms with Crippen LogP contribution in [0.15, 0.2) is 29.1 Å². The number of fused-ring (bicyclic) bond motifs is 3. The van der Waals surface area contributed by atoms with Gasteiger partial charge in [-0.2, -0.15) is 0 Å². The van der Waals surface area contributed by atoms with Crippen molar-refractivity contribution in [2.24, 2.45) is 0 Å². The predicted octanol–water partition coefficient (Wildman–Crippen LogP) is 1.89. The largest absolute Gasteiger partial charge is 0.504 e. The molecule has 3 N–H and O–H groups in total. The van der Waals surface area contributed by atoms with Gasteiger partial charge in [-0.25, -0.2) is 0 Å². The lowest BCUT2D eigenvalue weighted by atomic mass is 10.0. The number of phenols is 3. The Bertz CT molecular complexity index is 760. The summed E-state index contributed by atoms with van der Waals surface area (Å²) in [5, 5.41) is 30.0. The van der Waals surface area contributed by atoms with Crippen LogP contribution in [0, 0.1) is 0 Å². The van der Waals surface area contributed by atoms with Crippen LogP contribution >= 0.6 is 0 Å². The van der Waals surface area contributed by atoms with E-state index >= 15 is 0 Å². The van der Waals surface area contributed by atoms with E-state index in [0.717, 1.165) is 0 Å². The molecule has 0 saturated heterocycles. The van der Waals surface area contributed by atoms with Gasteiger partial charge in [0, 0.05) is 10.9 Å². The molecule has 0 radical (unpaired) electrons. The molecule has 90 valence electrons. The number of hydrogen-bond acceptors (Lipinski definition) is 4. The molecule has 0 atom stereocenters. The maximum absolute atomic E-state index is 11.8. The van der Waals surface area contributed by atoms with Crippen molar-refractivity contribution in [1.29, 1.82) is 0 Å². The number of phenolic OH excluding ortho intramolecular Hbond substituents is 3. The lowest BCUT2D eigenvalue weighted by Gasteiger charge is -2.06. The van der Waals surface area contributed by atoms with Crippen LogP contribution in [0.1, 0.15) is 11.1 Å². The molecule has 0 spiro atoms. The zero-order chi connectivity index (χ0) is 12.9. The summed E-state index contributed by atoms with van der Waals surface area (Å²) >= 11 is 0. The Morgan fingerprint density at radius 3 is 2.61 bits per heavy atom. The third-order valence-electron chi connectivity index (χ3n) is 3.20. The van der Waals surface area contributed by atoms with Gasteiger partial charge in [0.1, 0.15) is 0 Å². The van der Waals surface area contributed by atoms with Gasteiger partial charge in [-0.1, -0.05) is 18.2 Å². The molecular weight excluding hydrogens is 232 g/mol. The van der Waals surface area contributed by atoms with E-state index in [4.69, 9.17) is 0 Å². The molecule has 18 heavy (non-hydrogen) atoms. The predicted molar refractivity (Wildman–Crippen MR) is 68.0 cm³/mol. The van der Waals surface area contributed by atoms with E-state index in [1.165, 1.54) is 18.2 Å². The third kappa shape index (κ3) is 1.29. The molecule has 0 bridgehead atoms. The van der Waals surface area contributed by atoms with Gasteiger partial charge in [-0.15, -0.1) is 0 Å². The highest BCUT2D eigenvalue weighted by Crippen LogP contribution is 2.43. The highest BCUT2D eigenvalue weighted by Gasteiger charge is 2.18. The molecule has 2 aromatic carbocycles. The number of allylic oxidation sites excluding steroid dienone is 1. The van der Waals surface area contributed by atoms with Crippen LogP contribution in [0.3, 0.4) is 0 Å². The number of hydrogen-bond donors (Lipinski definition) is 3. The van der Waals surface area contributed by atoms with Gasteiger partial charge in [0.05, 0.1) is 0 Å². The normalized spacial score (nSPS) is 12.9. The second-order valence-electron chi connectivity index (χ2n) is 4.25. The molecule has 4 nitrogen and oxygen atoms in total. The molecule has 0 amide bonds. The number of aromatic hydroxyl groups is 3. The smallest absolute Gasteiger partial charge is 0.200 e. The summed E-state index contributed by atoms with van der Waals surface area (Å²) in [6.45, 7) is 0. The molecule has 0 saturated carbocycles. The standard InChI is InChI=1S/C14H10O4/c15-10-5-4-7-6-11(16)13(17)14(18)12(7)9-3-1-2-8(9)10/h1-2,4-6,16-18H,3H2. The van der Waals surface area contributed by atoms with Crippen LogP contribution < -0.4 is 5.43 Å². The molecule has 0 heterocycles. The lowest BCUT2D eigenvalue weighted by Crippen LogP contribution is -1.99. The average molecular weight is 242 g/mol. The quantitative estimate of drug-likeness (QED) is 0.616. The van der Waals surface area contributed by atoms with E-state index in [9.17, 15) is 20.1 Å². The van der Waals surface area contributed by atoms with Gasteiger partial charge in [-0.05, 0) is 29.5 Å². The van der Waals surface area contributed by atoms with Crippen molar-refractivity contribution >= 4 is 16.8 Å². The minimum atomic E-state index is -0.560. The summed E-state index contributed by atoms with van der Waals surface area (Å²) in [6, 6.07) is 4.26. The van der Waals surface area contributed by atoms with Crippen LogP contribution in [-0.4, -0.2) is 15.3 Å². The first-order valence-electron chi connectivity index (χ1n) is 5.50. The monoisotopic (exact) mass is 242 g/mol. The van der Waals surface area contributed by atoms with Crippen molar-refractivity contribution in [3.05, 3.63) is 45.6 Å². The van der Waals surface area contributed by atoms with Crippen LogP contribution in [0.25, 0.3) is 16.8 Å². The molecule has 1 aliphatic carbocycles. The van der Waals surface area contributed by atoms with E-state index in [2.05, 4.69) is 0 Å². The minimum Gasteiger partial charge on any atom is -0.504 e. The van der Waals surface area contributed by atoms with E-state index in [1.54, 1.807) is 6.08 Å². The summed E-state index contributed by atoms with van der Waals surface area (Å²) in [5.41, 5.74) is 1.05. The molecule has 0 aliphatic heterocycles. The summed E-state index contributed by atoms with van der Waals surface area (Å²) in [7, 11) is 0. The Balaban J connectivity index is 2.62. The first kappa shape index (κ1) is 10.7. The molecule has 0 unspecified atom stereocenters. The van der Waals surface area contributed by atoms with Gasteiger partial charge in [0.15, 0.2) is 16.9 Å². The molecule has 4 heteroatoms. The fourth-order valence-corrected chi connectivity index (χ4v) is 2.34. The molecule has 2 aromatic rings. The SMILES string of the molecule is O=c1ccc2cc(O)c(O)c(O)c2c2c1C=CC2. The minimum absolute atomic E-state index is 0.145. The van der Waals surface area contributed by atoms with Crippen LogP contribution in [-0.2, 0) is 6.42 Å². The zero-order valence-electron chi connectivity index (χ0n) is 9.34. The molecule has 1 aliphatic rings. The molecule has 3 rings (SSSR count). The van der Waals surface area contributed by atoms with E-state index < -0.39 is 11.5 Å². The third-order valence-corrected chi connectivity index (χ3v) is 3.20.